The number of hydrogen-bond donors (Lipinski definition) is 1. The Balaban J connectivity index is 1.91. The standard InChI is InChI=1S/C15H18Cl2N4O/c1-10-11(7-18-21(10)3)8-20(2)9-15(22)19-12-4-5-13(16)14(17)6-12/h4-7H,8-9H2,1-3H3,(H,19,22). The Bertz CT molecular complexity index is 684. The lowest BCUT2D eigenvalue weighted by molar-refractivity contribution is -0.117. The lowest BCUT2D eigenvalue weighted by Gasteiger charge is -2.16. The zero-order valence-corrected chi connectivity index (χ0v) is 14.2. The second kappa shape index (κ2) is 7.13. The molecule has 5 nitrogen and oxygen atoms in total. The van der Waals surface area contributed by atoms with Crippen molar-refractivity contribution in [2.45, 2.75) is 13.5 Å². The third-order valence-electron chi connectivity index (χ3n) is 3.39. The van der Waals surface area contributed by atoms with Crippen LogP contribution >= 0.6 is 23.2 Å². The number of aromatic nitrogens is 2. The maximum Gasteiger partial charge on any atom is 0.238 e. The van der Waals surface area contributed by atoms with Gasteiger partial charge in [-0.2, -0.15) is 5.10 Å². The summed E-state index contributed by atoms with van der Waals surface area (Å²) < 4.78 is 1.82. The number of rotatable bonds is 5. The van der Waals surface area contributed by atoms with Crippen LogP contribution in [0.15, 0.2) is 24.4 Å². The van der Waals surface area contributed by atoms with Gasteiger partial charge < -0.3 is 5.32 Å². The number of benzene rings is 1. The quantitative estimate of drug-likeness (QED) is 0.909. The summed E-state index contributed by atoms with van der Waals surface area (Å²) in [5.41, 5.74) is 2.83. The highest BCUT2D eigenvalue weighted by atomic mass is 35.5. The van der Waals surface area contributed by atoms with Crippen LogP contribution in [0.2, 0.25) is 10.0 Å². The fraction of sp³-hybridized carbons (Fsp3) is 0.333. The molecule has 0 radical (unpaired) electrons. The van der Waals surface area contributed by atoms with Crippen molar-refractivity contribution in [2.24, 2.45) is 7.05 Å². The molecule has 2 rings (SSSR count). The first-order valence-electron chi connectivity index (χ1n) is 6.77. The molecule has 0 saturated heterocycles. The molecule has 7 heteroatoms. The van der Waals surface area contributed by atoms with Crippen LogP contribution in [0.25, 0.3) is 0 Å². The van der Waals surface area contributed by atoms with Gasteiger partial charge in [-0.3, -0.25) is 14.4 Å². The van der Waals surface area contributed by atoms with Crippen LogP contribution in [0, 0.1) is 6.92 Å². The van der Waals surface area contributed by atoms with Gasteiger partial charge in [-0.05, 0) is 32.2 Å². The van der Waals surface area contributed by atoms with Crippen LogP contribution in [-0.4, -0.2) is 34.2 Å². The van der Waals surface area contributed by atoms with Gasteiger partial charge in [0.15, 0.2) is 0 Å². The van der Waals surface area contributed by atoms with Gasteiger partial charge in [-0.1, -0.05) is 23.2 Å². The van der Waals surface area contributed by atoms with E-state index in [0.717, 1.165) is 11.3 Å². The summed E-state index contributed by atoms with van der Waals surface area (Å²) in [4.78, 5) is 14.0. The van der Waals surface area contributed by atoms with Crippen LogP contribution in [0.5, 0.6) is 0 Å². The molecule has 0 spiro atoms. The van der Waals surface area contributed by atoms with E-state index in [1.165, 1.54) is 0 Å². The molecular formula is C15H18Cl2N4O. The van der Waals surface area contributed by atoms with Crippen molar-refractivity contribution < 1.29 is 4.79 Å². The molecule has 0 aliphatic heterocycles. The molecule has 2 aromatic rings. The van der Waals surface area contributed by atoms with Gasteiger partial charge in [0.05, 0.1) is 22.8 Å². The maximum atomic E-state index is 12.0. The molecule has 1 amide bonds. The molecule has 1 N–H and O–H groups in total. The molecular weight excluding hydrogens is 323 g/mol. The van der Waals surface area contributed by atoms with Gasteiger partial charge in [-0.25, -0.2) is 0 Å². The third-order valence-corrected chi connectivity index (χ3v) is 4.13. The molecule has 0 aliphatic rings. The Labute approximate surface area is 139 Å². The smallest absolute Gasteiger partial charge is 0.238 e. The SMILES string of the molecule is Cc1c(CN(C)CC(=O)Nc2ccc(Cl)c(Cl)c2)cnn1C. The molecule has 0 bridgehead atoms. The minimum absolute atomic E-state index is 0.109. The van der Waals surface area contributed by atoms with Crippen molar-refractivity contribution in [1.82, 2.24) is 14.7 Å². The topological polar surface area (TPSA) is 50.2 Å². The second-order valence-electron chi connectivity index (χ2n) is 5.23. The van der Waals surface area contributed by atoms with Gasteiger partial charge in [0.2, 0.25) is 5.91 Å². The fourth-order valence-corrected chi connectivity index (χ4v) is 2.36. The number of amides is 1. The van der Waals surface area contributed by atoms with Crippen LogP contribution in [-0.2, 0) is 18.4 Å². The van der Waals surface area contributed by atoms with E-state index >= 15 is 0 Å². The van der Waals surface area contributed by atoms with Crippen molar-refractivity contribution in [3.05, 3.63) is 45.7 Å². The number of hydrogen-bond acceptors (Lipinski definition) is 3. The largest absolute Gasteiger partial charge is 0.325 e. The van der Waals surface area contributed by atoms with Gasteiger partial charge in [0.25, 0.3) is 0 Å². The Hall–Kier alpha value is -1.56. The summed E-state index contributed by atoms with van der Waals surface area (Å²) >= 11 is 11.8. The van der Waals surface area contributed by atoms with E-state index in [2.05, 4.69) is 10.4 Å². The van der Waals surface area contributed by atoms with E-state index in [-0.39, 0.29) is 12.5 Å². The number of carbonyl (C=O) groups is 1. The minimum atomic E-state index is -0.109. The number of halogens is 2. The lowest BCUT2D eigenvalue weighted by Crippen LogP contribution is -2.30. The van der Waals surface area contributed by atoms with Crippen LogP contribution in [0.3, 0.4) is 0 Å². The molecule has 1 heterocycles. The molecule has 1 aromatic heterocycles. The average Bonchev–Trinajstić information content (AvgIpc) is 2.74. The van der Waals surface area contributed by atoms with Crippen molar-refractivity contribution >= 4 is 34.8 Å². The molecule has 0 aliphatic carbocycles. The zero-order chi connectivity index (χ0) is 16.3. The van der Waals surface area contributed by atoms with Crippen molar-refractivity contribution in [2.75, 3.05) is 18.9 Å². The first kappa shape index (κ1) is 16.8. The van der Waals surface area contributed by atoms with Crippen molar-refractivity contribution in [1.29, 1.82) is 0 Å². The first-order valence-corrected chi connectivity index (χ1v) is 7.53. The van der Waals surface area contributed by atoms with E-state index in [0.29, 0.717) is 22.3 Å². The summed E-state index contributed by atoms with van der Waals surface area (Å²) in [6.45, 7) is 2.94. The molecule has 0 fully saturated rings. The van der Waals surface area contributed by atoms with Crippen molar-refractivity contribution in [3.8, 4) is 0 Å². The Morgan fingerprint density at radius 1 is 1.36 bits per heavy atom. The second-order valence-corrected chi connectivity index (χ2v) is 6.04. The molecule has 0 saturated carbocycles. The normalized spacial score (nSPS) is 11.0. The highest BCUT2D eigenvalue weighted by molar-refractivity contribution is 6.42. The van der Waals surface area contributed by atoms with Crippen molar-refractivity contribution in [3.63, 3.8) is 0 Å². The predicted molar refractivity (Wildman–Crippen MR) is 89.4 cm³/mol. The summed E-state index contributed by atoms with van der Waals surface area (Å²) in [5.74, 6) is -0.109. The van der Waals surface area contributed by atoms with Crippen LogP contribution < -0.4 is 5.32 Å². The van der Waals surface area contributed by atoms with Gasteiger partial charge in [0, 0.05) is 30.5 Å². The monoisotopic (exact) mass is 340 g/mol. The maximum absolute atomic E-state index is 12.0. The predicted octanol–water partition coefficient (Wildman–Crippen LogP) is 3.11. The molecule has 1 aromatic carbocycles. The molecule has 22 heavy (non-hydrogen) atoms. The lowest BCUT2D eigenvalue weighted by atomic mass is 10.2. The summed E-state index contributed by atoms with van der Waals surface area (Å²) in [5, 5.41) is 7.88. The Morgan fingerprint density at radius 2 is 2.09 bits per heavy atom. The van der Waals surface area contributed by atoms with E-state index in [1.807, 2.05) is 36.8 Å². The average molecular weight is 341 g/mol. The zero-order valence-electron chi connectivity index (χ0n) is 12.7. The Kier molecular flexibility index (Phi) is 5.45. The number of nitrogens with one attached hydrogen (secondary N) is 1. The van der Waals surface area contributed by atoms with Gasteiger partial charge in [0.1, 0.15) is 0 Å². The number of anilines is 1. The number of nitrogens with zero attached hydrogens (tertiary/aromatic N) is 3. The van der Waals surface area contributed by atoms with E-state index in [9.17, 15) is 4.79 Å². The van der Waals surface area contributed by atoms with Crippen LogP contribution in [0.4, 0.5) is 5.69 Å². The van der Waals surface area contributed by atoms with E-state index < -0.39 is 0 Å². The first-order chi connectivity index (χ1) is 10.4. The molecule has 0 unspecified atom stereocenters. The summed E-state index contributed by atoms with van der Waals surface area (Å²) in [6.07, 6.45) is 1.82. The molecule has 0 atom stereocenters. The fourth-order valence-electron chi connectivity index (χ4n) is 2.07. The minimum Gasteiger partial charge on any atom is -0.325 e. The Morgan fingerprint density at radius 3 is 2.68 bits per heavy atom. The molecule has 118 valence electrons. The summed E-state index contributed by atoms with van der Waals surface area (Å²) in [7, 11) is 3.79. The number of carbonyl (C=O) groups excluding carboxylic acids is 1. The van der Waals surface area contributed by atoms with E-state index in [1.54, 1.807) is 18.2 Å². The highest BCUT2D eigenvalue weighted by Crippen LogP contribution is 2.24. The van der Waals surface area contributed by atoms with Gasteiger partial charge >= 0.3 is 0 Å². The number of likely N-dealkylation sites (N-methyl/N-ethyl adjacent to an activating group) is 1. The van der Waals surface area contributed by atoms with E-state index in [4.69, 9.17) is 23.2 Å². The van der Waals surface area contributed by atoms with Gasteiger partial charge in [-0.15, -0.1) is 0 Å². The third kappa shape index (κ3) is 4.22. The summed E-state index contributed by atoms with van der Waals surface area (Å²) in [6, 6.07) is 5.01. The van der Waals surface area contributed by atoms with Crippen LogP contribution in [0.1, 0.15) is 11.3 Å². The number of aryl methyl sites for hydroxylation is 1. The highest BCUT2D eigenvalue weighted by Gasteiger charge is 2.11.